The third-order valence-electron chi connectivity index (χ3n) is 29.1. The van der Waals surface area contributed by atoms with Crippen LogP contribution in [-0.4, -0.2) is 62.3 Å². The van der Waals surface area contributed by atoms with Crippen molar-refractivity contribution in [3.8, 4) is 135 Å². The van der Waals surface area contributed by atoms with Crippen molar-refractivity contribution in [2.75, 3.05) is 0 Å². The Labute approximate surface area is 863 Å². The zero-order valence-corrected chi connectivity index (χ0v) is 81.2. The van der Waals surface area contributed by atoms with Gasteiger partial charge in [-0.2, -0.15) is 0 Å². The van der Waals surface area contributed by atoms with E-state index in [1.165, 1.54) is 76.5 Å². The molecule has 30 aromatic rings. The van der Waals surface area contributed by atoms with Crippen LogP contribution >= 0.6 is 0 Å². The Morgan fingerprint density at radius 2 is 0.427 bits per heavy atom. The van der Waals surface area contributed by atoms with Gasteiger partial charge in [-0.25, -0.2) is 19.9 Å². The van der Waals surface area contributed by atoms with Gasteiger partial charge in [0.25, 0.3) is 0 Å². The highest BCUT2D eigenvalue weighted by Gasteiger charge is 2.26. The highest BCUT2D eigenvalue weighted by Crippen LogP contribution is 2.46. The Morgan fingerprint density at radius 3 is 0.813 bits per heavy atom. The molecule has 0 aliphatic heterocycles. The molecule has 13 heteroatoms. The van der Waals surface area contributed by atoms with Gasteiger partial charge in [-0.3, -0.25) is 19.5 Å². The van der Waals surface area contributed by atoms with E-state index in [4.69, 9.17) is 34.9 Å². The van der Waals surface area contributed by atoms with Crippen LogP contribution in [0.3, 0.4) is 0 Å². The summed E-state index contributed by atoms with van der Waals surface area (Å²) in [7, 11) is 0. The monoisotopic (exact) mass is 1920 g/mol. The molecule has 0 saturated heterocycles. The van der Waals surface area contributed by atoms with Crippen LogP contribution in [0.1, 0.15) is 0 Å². The lowest BCUT2D eigenvalue weighted by Crippen LogP contribution is -2.02. The summed E-state index contributed by atoms with van der Waals surface area (Å²) in [4.78, 5) is 35.3. The van der Waals surface area contributed by atoms with Gasteiger partial charge in [0.15, 0.2) is 5.82 Å². The van der Waals surface area contributed by atoms with Crippen LogP contribution in [0.2, 0.25) is 0 Å². The molecule has 0 N–H and O–H groups in total. The van der Waals surface area contributed by atoms with Crippen molar-refractivity contribution < 1.29 is 0 Å². The van der Waals surface area contributed by atoms with Crippen molar-refractivity contribution in [3.63, 3.8) is 0 Å². The minimum absolute atomic E-state index is 0.693. The maximum absolute atomic E-state index is 5.28. The number of aromatic nitrogens is 13. The number of fused-ring (bicyclic) bond motifs is 18. The van der Waals surface area contributed by atoms with Crippen molar-refractivity contribution in [2.24, 2.45) is 0 Å². The maximum atomic E-state index is 5.28. The predicted molar refractivity (Wildman–Crippen MR) is 619 cm³/mol. The lowest BCUT2D eigenvalue weighted by atomic mass is 10.0. The van der Waals surface area contributed by atoms with Crippen LogP contribution in [-0.2, 0) is 0 Å². The molecule has 12 heterocycles. The second-order valence-electron chi connectivity index (χ2n) is 37.9. The van der Waals surface area contributed by atoms with Crippen LogP contribution in [0, 0.1) is 0 Å². The molecule has 702 valence electrons. The maximum Gasteiger partial charge on any atom is 0.159 e. The predicted octanol–water partition coefficient (Wildman–Crippen LogP) is 34.4. The van der Waals surface area contributed by atoms with Gasteiger partial charge < -0.3 is 22.8 Å². The average Bonchev–Trinajstić information content (AvgIpc) is 1.58. The molecular formula is C137H89N13. The first-order chi connectivity index (χ1) is 74.4. The molecule has 30 rings (SSSR count). The van der Waals surface area contributed by atoms with Crippen LogP contribution in [0.5, 0.6) is 0 Å². The van der Waals surface area contributed by atoms with Crippen molar-refractivity contribution in [3.05, 3.63) is 540 Å². The topological polar surface area (TPSA) is 120 Å². The number of nitrogens with zero attached hydrogens (tertiary/aromatic N) is 13. The third-order valence-corrected chi connectivity index (χ3v) is 29.1. The van der Waals surface area contributed by atoms with Crippen LogP contribution in [0.25, 0.3) is 266 Å². The van der Waals surface area contributed by atoms with Gasteiger partial charge in [-0.05, 0) is 233 Å². The number of hydrogen-bond donors (Lipinski definition) is 0. The van der Waals surface area contributed by atoms with Gasteiger partial charge in [0.05, 0.1) is 123 Å². The van der Waals surface area contributed by atoms with E-state index in [1.807, 2.05) is 97.6 Å². The fourth-order valence-electron chi connectivity index (χ4n) is 22.3. The van der Waals surface area contributed by atoms with Gasteiger partial charge in [0.2, 0.25) is 0 Å². The van der Waals surface area contributed by atoms with E-state index in [9.17, 15) is 0 Å². The first-order valence-corrected chi connectivity index (χ1v) is 50.6. The second kappa shape index (κ2) is 37.1. The summed E-state index contributed by atoms with van der Waals surface area (Å²) in [5.41, 5.74) is 39.9. The molecular weight excluding hydrogens is 1830 g/mol. The SMILES string of the molecule is c1ccc(-c2cc(-c3ccccc3)nc(-n3c4ccc(-c5ccc6c(c5)c5ccccc5n6-c5ccccc5)cc4c4ncccc43)c2)cc1.c1ccc(-c2cc(-n3c4ccc(-c5ccc6c(c5)c5ccccc5n6-c5ccccc5)cc4c4ncccc43)cc(-c3ccccc3)n2)cc1.c1ccc(-c2ncc(-n3c4ccc(-c5ccc6c(c5)c5ccccc5n6-c5ccccc5)cc4c4ncccc43)c(-c3ccccc3)n2)cc1. The first-order valence-electron chi connectivity index (χ1n) is 50.6. The van der Waals surface area contributed by atoms with Crippen molar-refractivity contribution in [1.82, 2.24) is 62.3 Å². The normalized spacial score (nSPS) is 11.6. The fraction of sp³-hybridized carbons (Fsp3) is 0. The standard InChI is InChI=1S/2C46H30N4.C45H29N5/c1-4-13-31(14-5-1)35-29-40(32-15-6-2-7-16-32)48-45(30-35)50-43-25-23-34(28-39(43)46-44(50)21-12-26-47-46)33-22-24-42-38(27-33)37-19-10-11-20-41(37)49(42)36-17-8-3-9-18-36;1-4-13-31(14-5-1)40-29-36(30-41(48-40)32-15-6-2-7-16-32)50-44-25-23-34(28-39(44)46-45(50)21-12-26-47-46)33-22-24-43-38(27-33)37-19-10-11-20-42(37)49(43)35-17-8-3-9-18-35;1-4-13-30(14-5-1)43-42(29-47-45(48-43)31-15-6-2-7-16-31)50-40-25-23-33(28-37(40)44-41(50)21-12-26-46-44)32-22-24-39-36(27-32)35-19-10-11-20-38(35)49(39)34-17-8-3-9-18-34/h2*1-30H;1-29H. The van der Waals surface area contributed by atoms with Crippen molar-refractivity contribution in [1.29, 1.82) is 0 Å². The van der Waals surface area contributed by atoms with Crippen molar-refractivity contribution >= 4 is 131 Å². The molecule has 0 radical (unpaired) electrons. The Morgan fingerprint density at radius 1 is 0.147 bits per heavy atom. The van der Waals surface area contributed by atoms with E-state index in [0.29, 0.717) is 5.82 Å². The Kier molecular flexibility index (Phi) is 21.6. The molecule has 0 aliphatic rings. The van der Waals surface area contributed by atoms with Gasteiger partial charge in [-0.1, -0.05) is 328 Å². The summed E-state index contributed by atoms with van der Waals surface area (Å²) in [6.45, 7) is 0. The van der Waals surface area contributed by atoms with Gasteiger partial charge in [0, 0.05) is 112 Å². The average molecular weight is 1920 g/mol. The number of rotatable bonds is 15. The number of hydrogen-bond acceptors (Lipinski definition) is 7. The molecule has 0 amide bonds. The van der Waals surface area contributed by atoms with Gasteiger partial charge >= 0.3 is 0 Å². The zero-order valence-electron chi connectivity index (χ0n) is 81.2. The third kappa shape index (κ3) is 15.4. The quantitative estimate of drug-likeness (QED) is 0.100. The van der Waals surface area contributed by atoms with Gasteiger partial charge in [0.1, 0.15) is 5.82 Å². The lowest BCUT2D eigenvalue weighted by Gasteiger charge is -2.14. The van der Waals surface area contributed by atoms with Crippen LogP contribution in [0.4, 0.5) is 0 Å². The van der Waals surface area contributed by atoms with E-state index >= 15 is 0 Å². The molecule has 150 heavy (non-hydrogen) atoms. The number of para-hydroxylation sites is 6. The fourth-order valence-corrected chi connectivity index (χ4v) is 22.3. The molecule has 0 spiro atoms. The number of pyridine rings is 5. The minimum atomic E-state index is 0.693. The van der Waals surface area contributed by atoms with Crippen LogP contribution in [0.15, 0.2) is 540 Å². The van der Waals surface area contributed by atoms with E-state index in [0.717, 1.165) is 184 Å². The summed E-state index contributed by atoms with van der Waals surface area (Å²) in [6.07, 6.45) is 7.59. The van der Waals surface area contributed by atoms with E-state index in [2.05, 4.69) is 470 Å². The summed E-state index contributed by atoms with van der Waals surface area (Å²) in [5.74, 6) is 1.56. The second-order valence-corrected chi connectivity index (χ2v) is 37.9. The summed E-state index contributed by atoms with van der Waals surface area (Å²) < 4.78 is 13.9. The minimum Gasteiger partial charge on any atom is -0.309 e. The van der Waals surface area contributed by atoms with Gasteiger partial charge in [-0.15, -0.1) is 0 Å². The molecule has 0 atom stereocenters. The molecule has 0 saturated carbocycles. The molecule has 0 fully saturated rings. The zero-order chi connectivity index (χ0) is 99.1. The highest BCUT2D eigenvalue weighted by molar-refractivity contribution is 6.17. The van der Waals surface area contributed by atoms with E-state index in [-0.39, 0.29) is 0 Å². The largest absolute Gasteiger partial charge is 0.309 e. The molecule has 0 unspecified atom stereocenters. The number of benzene rings is 18. The van der Waals surface area contributed by atoms with E-state index in [1.54, 1.807) is 0 Å². The molecule has 0 aliphatic carbocycles. The summed E-state index contributed by atoms with van der Waals surface area (Å²) >= 11 is 0. The molecule has 12 aromatic heterocycles. The Hall–Kier alpha value is -20.4. The molecule has 0 bridgehead atoms. The summed E-state index contributed by atoms with van der Waals surface area (Å²) in [6, 6.07) is 182. The highest BCUT2D eigenvalue weighted by atomic mass is 15.1. The first kappa shape index (κ1) is 87.4. The Balaban J connectivity index is 0.000000108. The lowest BCUT2D eigenvalue weighted by molar-refractivity contribution is 1.08. The molecule has 18 aromatic carbocycles. The molecule has 13 nitrogen and oxygen atoms in total. The smallest absolute Gasteiger partial charge is 0.159 e. The van der Waals surface area contributed by atoms with Crippen LogP contribution < -0.4 is 0 Å². The Bertz CT molecular complexity index is 9930. The summed E-state index contributed by atoms with van der Waals surface area (Å²) in [5, 5.41) is 10.7. The van der Waals surface area contributed by atoms with Crippen molar-refractivity contribution in [2.45, 2.75) is 0 Å². The van der Waals surface area contributed by atoms with E-state index < -0.39 is 0 Å².